The van der Waals surface area contributed by atoms with Crippen LogP contribution in [0, 0.1) is 5.92 Å². The third kappa shape index (κ3) is 6.47. The Hall–Kier alpha value is -3.06. The molecule has 1 fully saturated rings. The van der Waals surface area contributed by atoms with E-state index in [4.69, 9.17) is 19.2 Å². The first-order valence-electron chi connectivity index (χ1n) is 11.0. The summed E-state index contributed by atoms with van der Waals surface area (Å²) in [5.74, 6) is 1.44. The van der Waals surface area contributed by atoms with Crippen LogP contribution in [-0.4, -0.2) is 57.3 Å². The first-order valence-corrected chi connectivity index (χ1v) is 11.0. The van der Waals surface area contributed by atoms with Gasteiger partial charge in [0.2, 0.25) is 0 Å². The molecule has 1 saturated heterocycles. The molecule has 0 bridgehead atoms. The quantitative estimate of drug-likeness (QED) is 0.366. The molecule has 1 N–H and O–H groups in total. The number of nitrogens with one attached hydrogen (secondary N) is 1. The van der Waals surface area contributed by atoms with E-state index in [1.165, 1.54) is 19.8 Å². The van der Waals surface area contributed by atoms with Gasteiger partial charge in [0.15, 0.2) is 5.96 Å². The molecule has 0 radical (unpaired) electrons. The van der Waals surface area contributed by atoms with Crippen LogP contribution in [0.2, 0.25) is 0 Å². The van der Waals surface area contributed by atoms with Crippen LogP contribution in [0.5, 0.6) is 5.75 Å². The standard InChI is InChI=1S/C25H33N3O4/c1-4-26-25(27-15-20-10-11-23(30-2)22(14-20)24(29)31-3)28-13-12-21(16-28)18-32-17-19-8-6-5-7-9-19/h5-11,14,21H,4,12-13,15-18H2,1-3H3,(H,26,27). The zero-order valence-electron chi connectivity index (χ0n) is 19.2. The average Bonchev–Trinajstić information content (AvgIpc) is 3.30. The molecule has 7 nitrogen and oxygen atoms in total. The van der Waals surface area contributed by atoms with E-state index >= 15 is 0 Å². The van der Waals surface area contributed by atoms with Gasteiger partial charge in [-0.25, -0.2) is 9.79 Å². The number of carbonyl (C=O) groups excluding carboxylic acids is 1. The van der Waals surface area contributed by atoms with Crippen LogP contribution >= 0.6 is 0 Å². The summed E-state index contributed by atoms with van der Waals surface area (Å²) >= 11 is 0. The molecule has 172 valence electrons. The van der Waals surface area contributed by atoms with Crippen molar-refractivity contribution in [2.45, 2.75) is 26.5 Å². The highest BCUT2D eigenvalue weighted by Crippen LogP contribution is 2.22. The minimum Gasteiger partial charge on any atom is -0.496 e. The summed E-state index contributed by atoms with van der Waals surface area (Å²) < 4.78 is 16.1. The largest absolute Gasteiger partial charge is 0.496 e. The third-order valence-corrected chi connectivity index (χ3v) is 5.47. The minimum atomic E-state index is -0.419. The van der Waals surface area contributed by atoms with E-state index in [1.54, 1.807) is 12.1 Å². The Labute approximate surface area is 190 Å². The number of ether oxygens (including phenoxy) is 3. The van der Waals surface area contributed by atoms with E-state index in [0.29, 0.717) is 30.4 Å². The Morgan fingerprint density at radius 2 is 1.97 bits per heavy atom. The highest BCUT2D eigenvalue weighted by atomic mass is 16.5. The lowest BCUT2D eigenvalue weighted by Crippen LogP contribution is -2.40. The average molecular weight is 440 g/mol. The molecule has 0 aliphatic carbocycles. The minimum absolute atomic E-state index is 0.407. The van der Waals surface area contributed by atoms with Crippen molar-refractivity contribution in [1.82, 2.24) is 10.2 Å². The van der Waals surface area contributed by atoms with E-state index in [0.717, 1.165) is 44.2 Å². The van der Waals surface area contributed by atoms with Crippen molar-refractivity contribution in [2.75, 3.05) is 40.5 Å². The number of esters is 1. The molecule has 32 heavy (non-hydrogen) atoms. The third-order valence-electron chi connectivity index (χ3n) is 5.47. The molecule has 1 heterocycles. The van der Waals surface area contributed by atoms with Gasteiger partial charge < -0.3 is 24.4 Å². The maximum Gasteiger partial charge on any atom is 0.341 e. The predicted molar refractivity (Wildman–Crippen MR) is 125 cm³/mol. The summed E-state index contributed by atoms with van der Waals surface area (Å²) in [7, 11) is 2.90. The predicted octanol–water partition coefficient (Wildman–Crippen LogP) is 3.49. The van der Waals surface area contributed by atoms with E-state index in [2.05, 4.69) is 29.3 Å². The van der Waals surface area contributed by atoms with Gasteiger partial charge in [-0.3, -0.25) is 0 Å². The van der Waals surface area contributed by atoms with Gasteiger partial charge in [0.25, 0.3) is 0 Å². The van der Waals surface area contributed by atoms with Crippen molar-refractivity contribution in [3.8, 4) is 5.75 Å². The van der Waals surface area contributed by atoms with Crippen LogP contribution in [0.15, 0.2) is 53.5 Å². The Kier molecular flexibility index (Phi) is 8.92. The second kappa shape index (κ2) is 12.1. The van der Waals surface area contributed by atoms with Crippen LogP contribution in [0.25, 0.3) is 0 Å². The lowest BCUT2D eigenvalue weighted by Gasteiger charge is -2.22. The number of carbonyl (C=O) groups is 1. The summed E-state index contributed by atoms with van der Waals surface area (Å²) in [5, 5.41) is 3.39. The van der Waals surface area contributed by atoms with Gasteiger partial charge in [-0.15, -0.1) is 0 Å². The fraction of sp³-hybridized carbons (Fsp3) is 0.440. The summed E-state index contributed by atoms with van der Waals surface area (Å²) in [6.45, 7) is 6.56. The summed E-state index contributed by atoms with van der Waals surface area (Å²) in [5.41, 5.74) is 2.52. The molecule has 1 aliphatic heterocycles. The van der Waals surface area contributed by atoms with Gasteiger partial charge in [0.05, 0.1) is 34.0 Å². The lowest BCUT2D eigenvalue weighted by atomic mass is 10.1. The van der Waals surface area contributed by atoms with Crippen molar-refractivity contribution in [3.05, 3.63) is 65.2 Å². The van der Waals surface area contributed by atoms with Gasteiger partial charge in [-0.05, 0) is 36.6 Å². The van der Waals surface area contributed by atoms with Crippen molar-refractivity contribution in [2.24, 2.45) is 10.9 Å². The SMILES string of the molecule is CCNC(=NCc1ccc(OC)c(C(=O)OC)c1)N1CCC(COCc2ccccc2)C1. The van der Waals surface area contributed by atoms with Gasteiger partial charge in [0, 0.05) is 25.6 Å². The molecule has 0 aromatic heterocycles. The first kappa shape index (κ1) is 23.6. The molecular formula is C25H33N3O4. The van der Waals surface area contributed by atoms with E-state index in [9.17, 15) is 4.79 Å². The number of guanidine groups is 1. The number of aliphatic imine (C=N–C) groups is 1. The van der Waals surface area contributed by atoms with E-state index in [1.807, 2.05) is 24.3 Å². The Bertz CT molecular complexity index is 901. The summed E-state index contributed by atoms with van der Waals surface area (Å²) in [6, 6.07) is 15.7. The number of nitrogens with zero attached hydrogens (tertiary/aromatic N) is 2. The second-order valence-electron chi connectivity index (χ2n) is 7.80. The maximum absolute atomic E-state index is 12.0. The highest BCUT2D eigenvalue weighted by Gasteiger charge is 2.25. The molecule has 2 aromatic carbocycles. The van der Waals surface area contributed by atoms with E-state index < -0.39 is 5.97 Å². The lowest BCUT2D eigenvalue weighted by molar-refractivity contribution is 0.0597. The van der Waals surface area contributed by atoms with Crippen LogP contribution in [-0.2, 0) is 22.6 Å². The van der Waals surface area contributed by atoms with E-state index in [-0.39, 0.29) is 0 Å². The normalized spacial score (nSPS) is 16.2. The second-order valence-corrected chi connectivity index (χ2v) is 7.80. The van der Waals surface area contributed by atoms with Crippen molar-refractivity contribution < 1.29 is 19.0 Å². The highest BCUT2D eigenvalue weighted by molar-refractivity contribution is 5.92. The van der Waals surface area contributed by atoms with Gasteiger partial charge in [0.1, 0.15) is 11.3 Å². The molecule has 1 atom stereocenters. The molecule has 0 saturated carbocycles. The Morgan fingerprint density at radius 1 is 1.16 bits per heavy atom. The number of benzene rings is 2. The van der Waals surface area contributed by atoms with Gasteiger partial charge in [-0.2, -0.15) is 0 Å². The zero-order chi connectivity index (χ0) is 22.8. The molecule has 1 unspecified atom stereocenters. The number of hydrogen-bond donors (Lipinski definition) is 1. The topological polar surface area (TPSA) is 72.4 Å². The smallest absolute Gasteiger partial charge is 0.341 e. The van der Waals surface area contributed by atoms with Crippen molar-refractivity contribution in [1.29, 1.82) is 0 Å². The van der Waals surface area contributed by atoms with Gasteiger partial charge >= 0.3 is 5.97 Å². The Morgan fingerprint density at radius 3 is 2.69 bits per heavy atom. The molecule has 7 heteroatoms. The molecule has 0 spiro atoms. The molecule has 3 rings (SSSR count). The number of rotatable bonds is 9. The number of methoxy groups -OCH3 is 2. The van der Waals surface area contributed by atoms with Crippen LogP contribution in [0.1, 0.15) is 34.8 Å². The maximum atomic E-state index is 12.0. The number of likely N-dealkylation sites (tertiary alicyclic amines) is 1. The Balaban J connectivity index is 1.58. The summed E-state index contributed by atoms with van der Waals surface area (Å²) in [6.07, 6.45) is 1.08. The summed E-state index contributed by atoms with van der Waals surface area (Å²) in [4.78, 5) is 19.1. The first-order chi connectivity index (χ1) is 15.6. The fourth-order valence-corrected chi connectivity index (χ4v) is 3.79. The van der Waals surface area contributed by atoms with Crippen molar-refractivity contribution >= 4 is 11.9 Å². The number of hydrogen-bond acceptors (Lipinski definition) is 5. The molecule has 2 aromatic rings. The fourth-order valence-electron chi connectivity index (χ4n) is 3.79. The van der Waals surface area contributed by atoms with Crippen molar-refractivity contribution in [3.63, 3.8) is 0 Å². The van der Waals surface area contributed by atoms with Crippen LogP contribution in [0.3, 0.4) is 0 Å². The molecule has 0 amide bonds. The monoisotopic (exact) mass is 439 g/mol. The molecule has 1 aliphatic rings. The molecular weight excluding hydrogens is 406 g/mol. The van der Waals surface area contributed by atoms with Crippen LogP contribution in [0.4, 0.5) is 0 Å². The van der Waals surface area contributed by atoms with Crippen LogP contribution < -0.4 is 10.1 Å². The van der Waals surface area contributed by atoms with Gasteiger partial charge in [-0.1, -0.05) is 36.4 Å². The zero-order valence-corrected chi connectivity index (χ0v) is 19.2.